The second-order valence-electron chi connectivity index (χ2n) is 4.94. The van der Waals surface area contributed by atoms with Crippen LogP contribution in [0, 0.1) is 0 Å². The molecule has 19 heavy (non-hydrogen) atoms. The lowest BCUT2D eigenvalue weighted by Gasteiger charge is -2.24. The Morgan fingerprint density at radius 3 is 2.47 bits per heavy atom. The zero-order valence-electron chi connectivity index (χ0n) is 10.7. The normalized spacial score (nSPS) is 16.8. The summed E-state index contributed by atoms with van der Waals surface area (Å²) in [7, 11) is 0. The predicted octanol–water partition coefficient (Wildman–Crippen LogP) is 3.24. The summed E-state index contributed by atoms with van der Waals surface area (Å²) >= 11 is 0. The number of phenolic OH excluding ortho intramolecular Hbond substituents is 2. The fraction of sp³-hybridized carbons (Fsp3) is 0.400. The van der Waals surface area contributed by atoms with Gasteiger partial charge in [-0.25, -0.2) is 4.79 Å². The predicted molar refractivity (Wildman–Crippen MR) is 72.3 cm³/mol. The molecule has 0 bridgehead atoms. The van der Waals surface area contributed by atoms with Crippen LogP contribution in [0.4, 0.5) is 0 Å². The van der Waals surface area contributed by atoms with E-state index in [4.69, 9.17) is 5.11 Å². The second kappa shape index (κ2) is 5.78. The maximum Gasteiger partial charge on any atom is 0.328 e. The van der Waals surface area contributed by atoms with E-state index in [-0.39, 0.29) is 17.4 Å². The third kappa shape index (κ3) is 3.08. The Hall–Kier alpha value is -1.97. The van der Waals surface area contributed by atoms with E-state index in [1.165, 1.54) is 18.6 Å². The summed E-state index contributed by atoms with van der Waals surface area (Å²) in [6.45, 7) is 0. The van der Waals surface area contributed by atoms with Crippen molar-refractivity contribution in [1.82, 2.24) is 0 Å². The summed E-state index contributed by atoms with van der Waals surface area (Å²) in [6, 6.07) is 3.04. The molecule has 1 saturated carbocycles. The molecule has 102 valence electrons. The number of aromatic hydroxyl groups is 2. The minimum atomic E-state index is -1.03. The van der Waals surface area contributed by atoms with E-state index < -0.39 is 5.97 Å². The van der Waals surface area contributed by atoms with Crippen LogP contribution in [-0.4, -0.2) is 21.3 Å². The fourth-order valence-electron chi connectivity index (χ4n) is 2.74. The third-order valence-electron chi connectivity index (χ3n) is 3.65. The smallest absolute Gasteiger partial charge is 0.328 e. The van der Waals surface area contributed by atoms with E-state index in [1.54, 1.807) is 6.07 Å². The average molecular weight is 262 g/mol. The largest absolute Gasteiger partial charge is 0.504 e. The SMILES string of the molecule is O=C(O)C=Cc1ccc(O)c(O)c1C1CCCCC1. The van der Waals surface area contributed by atoms with Crippen molar-refractivity contribution in [1.29, 1.82) is 0 Å². The highest BCUT2D eigenvalue weighted by Gasteiger charge is 2.22. The highest BCUT2D eigenvalue weighted by Crippen LogP contribution is 2.43. The van der Waals surface area contributed by atoms with Crippen LogP contribution >= 0.6 is 0 Å². The van der Waals surface area contributed by atoms with Gasteiger partial charge in [0.25, 0.3) is 0 Å². The molecule has 0 atom stereocenters. The summed E-state index contributed by atoms with van der Waals surface area (Å²) in [5.41, 5.74) is 1.35. The molecule has 0 aromatic heterocycles. The van der Waals surface area contributed by atoms with Crippen molar-refractivity contribution in [2.75, 3.05) is 0 Å². The molecule has 1 aromatic rings. The van der Waals surface area contributed by atoms with Gasteiger partial charge in [-0.05, 0) is 36.5 Å². The molecule has 0 spiro atoms. The minimum Gasteiger partial charge on any atom is -0.504 e. The van der Waals surface area contributed by atoms with E-state index in [0.29, 0.717) is 11.1 Å². The molecule has 0 heterocycles. The maximum absolute atomic E-state index is 10.6. The Morgan fingerprint density at radius 1 is 1.16 bits per heavy atom. The number of carboxylic acid groups (broad SMARTS) is 1. The third-order valence-corrected chi connectivity index (χ3v) is 3.65. The molecule has 0 saturated heterocycles. The van der Waals surface area contributed by atoms with E-state index in [1.807, 2.05) is 0 Å². The molecule has 1 fully saturated rings. The number of aliphatic carboxylic acids is 1. The van der Waals surface area contributed by atoms with Crippen LogP contribution in [0.25, 0.3) is 6.08 Å². The van der Waals surface area contributed by atoms with Gasteiger partial charge >= 0.3 is 5.97 Å². The first kappa shape index (κ1) is 13.5. The van der Waals surface area contributed by atoms with Crippen LogP contribution < -0.4 is 0 Å². The molecule has 0 aliphatic heterocycles. The number of phenols is 2. The van der Waals surface area contributed by atoms with Crippen LogP contribution in [-0.2, 0) is 4.79 Å². The first-order chi connectivity index (χ1) is 9.09. The number of hydrogen-bond donors (Lipinski definition) is 3. The van der Waals surface area contributed by atoms with Crippen LogP contribution in [0.15, 0.2) is 18.2 Å². The van der Waals surface area contributed by atoms with Crippen molar-refractivity contribution in [3.05, 3.63) is 29.3 Å². The van der Waals surface area contributed by atoms with Gasteiger partial charge in [0.05, 0.1) is 0 Å². The summed E-state index contributed by atoms with van der Waals surface area (Å²) in [6.07, 6.45) is 7.85. The molecular weight excluding hydrogens is 244 g/mol. The quantitative estimate of drug-likeness (QED) is 0.577. The average Bonchev–Trinajstić information content (AvgIpc) is 2.41. The Balaban J connectivity index is 2.42. The number of carboxylic acids is 1. The van der Waals surface area contributed by atoms with Crippen molar-refractivity contribution < 1.29 is 20.1 Å². The van der Waals surface area contributed by atoms with E-state index in [0.717, 1.165) is 31.8 Å². The van der Waals surface area contributed by atoms with Gasteiger partial charge in [-0.2, -0.15) is 0 Å². The zero-order valence-corrected chi connectivity index (χ0v) is 10.7. The summed E-state index contributed by atoms with van der Waals surface area (Å²) in [5.74, 6) is -1.09. The molecule has 0 unspecified atom stereocenters. The lowest BCUT2D eigenvalue weighted by molar-refractivity contribution is -0.131. The van der Waals surface area contributed by atoms with E-state index in [2.05, 4.69) is 0 Å². The van der Waals surface area contributed by atoms with E-state index >= 15 is 0 Å². The van der Waals surface area contributed by atoms with Crippen molar-refractivity contribution in [2.24, 2.45) is 0 Å². The number of benzene rings is 1. The molecule has 4 nitrogen and oxygen atoms in total. The standard InChI is InChI=1S/C15H18O4/c16-12-8-6-11(7-9-13(17)18)14(15(12)19)10-4-2-1-3-5-10/h6-10,16,19H,1-5H2,(H,17,18). The van der Waals surface area contributed by atoms with Crippen molar-refractivity contribution in [3.63, 3.8) is 0 Å². The van der Waals surface area contributed by atoms with Gasteiger partial charge < -0.3 is 15.3 Å². The maximum atomic E-state index is 10.6. The first-order valence-corrected chi connectivity index (χ1v) is 6.55. The Labute approximate surface area is 112 Å². The second-order valence-corrected chi connectivity index (χ2v) is 4.94. The van der Waals surface area contributed by atoms with Gasteiger partial charge in [0.2, 0.25) is 0 Å². The molecule has 1 aliphatic carbocycles. The van der Waals surface area contributed by atoms with Crippen molar-refractivity contribution >= 4 is 12.0 Å². The number of carbonyl (C=O) groups is 1. The van der Waals surface area contributed by atoms with Gasteiger partial charge in [-0.1, -0.05) is 25.3 Å². The Morgan fingerprint density at radius 2 is 1.84 bits per heavy atom. The van der Waals surface area contributed by atoms with E-state index in [9.17, 15) is 15.0 Å². The van der Waals surface area contributed by atoms with Crippen molar-refractivity contribution in [3.8, 4) is 11.5 Å². The molecule has 0 amide bonds. The summed E-state index contributed by atoms with van der Waals surface area (Å²) < 4.78 is 0. The minimum absolute atomic E-state index is 0.112. The van der Waals surface area contributed by atoms with Crippen LogP contribution in [0.1, 0.15) is 49.1 Å². The summed E-state index contributed by atoms with van der Waals surface area (Å²) in [4.78, 5) is 10.6. The fourth-order valence-corrected chi connectivity index (χ4v) is 2.74. The Bertz CT molecular complexity index is 499. The first-order valence-electron chi connectivity index (χ1n) is 6.55. The monoisotopic (exact) mass is 262 g/mol. The highest BCUT2D eigenvalue weighted by molar-refractivity contribution is 5.86. The molecule has 4 heteroatoms. The molecular formula is C15H18O4. The highest BCUT2D eigenvalue weighted by atomic mass is 16.4. The number of rotatable bonds is 3. The van der Waals surface area contributed by atoms with Crippen LogP contribution in [0.3, 0.4) is 0 Å². The van der Waals surface area contributed by atoms with Gasteiger partial charge in [0, 0.05) is 11.6 Å². The number of hydrogen-bond acceptors (Lipinski definition) is 3. The van der Waals surface area contributed by atoms with Gasteiger partial charge in [0.15, 0.2) is 11.5 Å². The van der Waals surface area contributed by atoms with Crippen LogP contribution in [0.2, 0.25) is 0 Å². The molecule has 1 aliphatic rings. The van der Waals surface area contributed by atoms with Gasteiger partial charge in [-0.3, -0.25) is 0 Å². The molecule has 3 N–H and O–H groups in total. The lowest BCUT2D eigenvalue weighted by atomic mass is 9.81. The summed E-state index contributed by atoms with van der Waals surface area (Å²) in [5, 5.41) is 28.4. The topological polar surface area (TPSA) is 77.8 Å². The molecule has 2 rings (SSSR count). The molecule has 0 radical (unpaired) electrons. The van der Waals surface area contributed by atoms with Crippen molar-refractivity contribution in [2.45, 2.75) is 38.0 Å². The van der Waals surface area contributed by atoms with Gasteiger partial charge in [0.1, 0.15) is 0 Å². The van der Waals surface area contributed by atoms with Crippen LogP contribution in [0.5, 0.6) is 11.5 Å². The lowest BCUT2D eigenvalue weighted by Crippen LogP contribution is -2.06. The Kier molecular flexibility index (Phi) is 4.10. The van der Waals surface area contributed by atoms with Gasteiger partial charge in [-0.15, -0.1) is 0 Å². The molecule has 1 aromatic carbocycles. The zero-order chi connectivity index (χ0) is 13.8.